The summed E-state index contributed by atoms with van der Waals surface area (Å²) in [5.41, 5.74) is 3.86. The van der Waals surface area contributed by atoms with Gasteiger partial charge in [-0.1, -0.05) is 43.7 Å². The first-order valence-electron chi connectivity index (χ1n) is 11.1. The second-order valence-electron chi connectivity index (χ2n) is 9.11. The van der Waals surface area contributed by atoms with Crippen LogP contribution in [0.4, 0.5) is 11.4 Å². The number of hydrogen-bond donors (Lipinski definition) is 1. The van der Waals surface area contributed by atoms with Gasteiger partial charge in [-0.3, -0.25) is 14.4 Å². The number of rotatable bonds is 4. The molecule has 2 aromatic carbocycles. The Morgan fingerprint density at radius 1 is 0.906 bits per heavy atom. The van der Waals surface area contributed by atoms with Crippen LogP contribution in [0.2, 0.25) is 0 Å². The number of nitrogens with zero attached hydrogens (tertiary/aromatic N) is 2. The van der Waals surface area contributed by atoms with E-state index >= 15 is 0 Å². The van der Waals surface area contributed by atoms with Crippen LogP contribution in [0.15, 0.2) is 54.2 Å². The zero-order valence-corrected chi connectivity index (χ0v) is 19.0. The summed E-state index contributed by atoms with van der Waals surface area (Å²) in [4.78, 5) is 42.0. The molecule has 4 rings (SSSR count). The van der Waals surface area contributed by atoms with Crippen molar-refractivity contribution in [3.63, 3.8) is 0 Å². The second-order valence-corrected chi connectivity index (χ2v) is 9.11. The Kier molecular flexibility index (Phi) is 5.87. The van der Waals surface area contributed by atoms with Gasteiger partial charge in [0, 0.05) is 25.7 Å². The van der Waals surface area contributed by atoms with Crippen LogP contribution in [-0.4, -0.2) is 35.7 Å². The number of piperidine rings is 1. The van der Waals surface area contributed by atoms with Crippen molar-refractivity contribution in [3.8, 4) is 0 Å². The van der Waals surface area contributed by atoms with Gasteiger partial charge in [-0.25, -0.2) is 4.90 Å². The number of carbonyl (C=O) groups is 3. The maximum absolute atomic E-state index is 13.7. The Balaban J connectivity index is 1.79. The third kappa shape index (κ3) is 4.17. The molecule has 1 saturated heterocycles. The minimum Gasteiger partial charge on any atom is -0.366 e. The first kappa shape index (κ1) is 21.8. The largest absolute Gasteiger partial charge is 0.366 e. The predicted octanol–water partition coefficient (Wildman–Crippen LogP) is 4.22. The van der Waals surface area contributed by atoms with E-state index in [2.05, 4.69) is 24.1 Å². The zero-order valence-electron chi connectivity index (χ0n) is 19.0. The topological polar surface area (TPSA) is 69.7 Å². The van der Waals surface area contributed by atoms with Crippen LogP contribution in [-0.2, 0) is 14.4 Å². The van der Waals surface area contributed by atoms with E-state index in [0.717, 1.165) is 25.1 Å². The van der Waals surface area contributed by atoms with Crippen molar-refractivity contribution >= 4 is 34.7 Å². The molecule has 166 valence electrons. The predicted molar refractivity (Wildman–Crippen MR) is 126 cm³/mol. The number of nitrogens with one attached hydrogen (secondary N) is 1. The van der Waals surface area contributed by atoms with Gasteiger partial charge in [-0.2, -0.15) is 0 Å². The molecule has 2 heterocycles. The summed E-state index contributed by atoms with van der Waals surface area (Å²) in [5.74, 6) is 0.122. The standard InChI is InChI=1S/C26H29N3O3/c1-16-5-11-22(12-6-16)29-25(31)23(20-7-9-21(10-8-20)27-19(4)30)24(26(29)32)28-14-17(2)13-18(3)15-28/h5-12,17-18H,13-15H2,1-4H3,(H,27,30). The second kappa shape index (κ2) is 8.61. The molecule has 0 saturated carbocycles. The lowest BCUT2D eigenvalue weighted by Crippen LogP contribution is -2.42. The Labute approximate surface area is 188 Å². The zero-order chi connectivity index (χ0) is 23.0. The number of aryl methyl sites for hydroxylation is 1. The van der Waals surface area contributed by atoms with Crippen LogP contribution < -0.4 is 10.2 Å². The maximum atomic E-state index is 13.7. The third-order valence-electron chi connectivity index (χ3n) is 6.03. The molecule has 0 bridgehead atoms. The summed E-state index contributed by atoms with van der Waals surface area (Å²) in [6, 6.07) is 14.5. The molecule has 3 amide bonds. The molecule has 1 N–H and O–H groups in total. The summed E-state index contributed by atoms with van der Waals surface area (Å²) in [5, 5.41) is 2.74. The van der Waals surface area contributed by atoms with Gasteiger partial charge in [0.15, 0.2) is 0 Å². The van der Waals surface area contributed by atoms with E-state index in [-0.39, 0.29) is 17.7 Å². The maximum Gasteiger partial charge on any atom is 0.282 e. The van der Waals surface area contributed by atoms with Crippen molar-refractivity contribution in [1.29, 1.82) is 0 Å². The fourth-order valence-corrected chi connectivity index (χ4v) is 4.77. The van der Waals surface area contributed by atoms with E-state index in [0.29, 0.717) is 40.0 Å². The number of amides is 3. The fourth-order valence-electron chi connectivity index (χ4n) is 4.77. The number of imide groups is 1. The van der Waals surface area contributed by atoms with Gasteiger partial charge in [-0.05, 0) is 55.0 Å². The lowest BCUT2D eigenvalue weighted by atomic mass is 9.91. The molecule has 2 aromatic rings. The molecule has 2 atom stereocenters. The summed E-state index contributed by atoms with van der Waals surface area (Å²) in [6.45, 7) is 9.28. The van der Waals surface area contributed by atoms with Crippen molar-refractivity contribution in [1.82, 2.24) is 4.90 Å². The number of likely N-dealkylation sites (tertiary alicyclic amines) is 1. The molecule has 0 radical (unpaired) electrons. The van der Waals surface area contributed by atoms with Gasteiger partial charge >= 0.3 is 0 Å². The quantitative estimate of drug-likeness (QED) is 0.736. The van der Waals surface area contributed by atoms with E-state index in [9.17, 15) is 14.4 Å². The Bertz CT molecular complexity index is 1080. The highest BCUT2D eigenvalue weighted by molar-refractivity contribution is 6.45. The third-order valence-corrected chi connectivity index (χ3v) is 6.03. The molecule has 32 heavy (non-hydrogen) atoms. The van der Waals surface area contributed by atoms with E-state index in [1.54, 1.807) is 24.3 Å². The van der Waals surface area contributed by atoms with E-state index in [4.69, 9.17) is 0 Å². The molecule has 6 nitrogen and oxygen atoms in total. The van der Waals surface area contributed by atoms with Gasteiger partial charge in [0.2, 0.25) is 5.91 Å². The average molecular weight is 432 g/mol. The van der Waals surface area contributed by atoms with Crippen LogP contribution in [0.5, 0.6) is 0 Å². The molecule has 2 aliphatic rings. The van der Waals surface area contributed by atoms with Crippen LogP contribution in [0.3, 0.4) is 0 Å². The van der Waals surface area contributed by atoms with E-state index in [1.165, 1.54) is 11.8 Å². The number of anilines is 2. The Hall–Kier alpha value is -3.41. The van der Waals surface area contributed by atoms with Crippen molar-refractivity contribution in [2.45, 2.75) is 34.1 Å². The average Bonchev–Trinajstić information content (AvgIpc) is 2.98. The van der Waals surface area contributed by atoms with Gasteiger partial charge in [0.05, 0.1) is 11.3 Å². The molecular formula is C26H29N3O3. The minimum absolute atomic E-state index is 0.161. The molecule has 1 fully saturated rings. The SMILES string of the molecule is CC(=O)Nc1ccc(C2=C(N3CC(C)CC(C)C3)C(=O)N(c3ccc(C)cc3)C2=O)cc1. The highest BCUT2D eigenvalue weighted by atomic mass is 16.2. The van der Waals surface area contributed by atoms with Gasteiger partial charge in [-0.15, -0.1) is 0 Å². The highest BCUT2D eigenvalue weighted by Crippen LogP contribution is 2.37. The van der Waals surface area contributed by atoms with Crippen molar-refractivity contribution in [2.24, 2.45) is 11.8 Å². The van der Waals surface area contributed by atoms with E-state index < -0.39 is 0 Å². The van der Waals surface area contributed by atoms with E-state index in [1.807, 2.05) is 31.2 Å². The van der Waals surface area contributed by atoms with Gasteiger partial charge in [0.25, 0.3) is 11.8 Å². The summed E-state index contributed by atoms with van der Waals surface area (Å²) < 4.78 is 0. The highest BCUT2D eigenvalue weighted by Gasteiger charge is 2.43. The number of carbonyl (C=O) groups excluding carboxylic acids is 3. The number of hydrogen-bond acceptors (Lipinski definition) is 4. The summed E-state index contributed by atoms with van der Waals surface area (Å²) in [6.07, 6.45) is 1.11. The van der Waals surface area contributed by atoms with Crippen LogP contribution in [0.1, 0.15) is 38.3 Å². The first-order chi connectivity index (χ1) is 15.2. The molecule has 2 unspecified atom stereocenters. The van der Waals surface area contributed by atoms with Crippen LogP contribution in [0, 0.1) is 18.8 Å². The Morgan fingerprint density at radius 3 is 2.06 bits per heavy atom. The molecule has 0 aromatic heterocycles. The first-order valence-corrected chi connectivity index (χ1v) is 11.1. The summed E-state index contributed by atoms with van der Waals surface area (Å²) in [7, 11) is 0. The molecule has 6 heteroatoms. The van der Waals surface area contributed by atoms with Crippen molar-refractivity contribution in [3.05, 3.63) is 65.4 Å². The molecule has 2 aliphatic heterocycles. The van der Waals surface area contributed by atoms with Crippen LogP contribution >= 0.6 is 0 Å². The molecular weight excluding hydrogens is 402 g/mol. The molecule has 0 aliphatic carbocycles. The lowest BCUT2D eigenvalue weighted by molar-refractivity contribution is -0.121. The smallest absolute Gasteiger partial charge is 0.282 e. The van der Waals surface area contributed by atoms with Crippen molar-refractivity contribution in [2.75, 3.05) is 23.3 Å². The molecule has 0 spiro atoms. The Morgan fingerprint density at radius 2 is 1.50 bits per heavy atom. The van der Waals surface area contributed by atoms with Gasteiger partial charge < -0.3 is 10.2 Å². The normalized spacial score (nSPS) is 21.4. The monoisotopic (exact) mass is 431 g/mol. The summed E-state index contributed by atoms with van der Waals surface area (Å²) >= 11 is 0. The number of benzene rings is 2. The van der Waals surface area contributed by atoms with Crippen molar-refractivity contribution < 1.29 is 14.4 Å². The fraction of sp³-hybridized carbons (Fsp3) is 0.346. The van der Waals surface area contributed by atoms with Crippen LogP contribution in [0.25, 0.3) is 5.57 Å². The minimum atomic E-state index is -0.313. The van der Waals surface area contributed by atoms with Gasteiger partial charge in [0.1, 0.15) is 5.70 Å². The lowest BCUT2D eigenvalue weighted by Gasteiger charge is -2.37.